The van der Waals surface area contributed by atoms with E-state index in [1.165, 1.54) is 12.4 Å². The van der Waals surface area contributed by atoms with Crippen molar-refractivity contribution in [2.24, 2.45) is 5.73 Å². The number of pyridine rings is 1. The lowest BCUT2D eigenvalue weighted by Gasteiger charge is -2.19. The molecule has 0 aromatic carbocycles. The van der Waals surface area contributed by atoms with Gasteiger partial charge in [-0.3, -0.25) is 0 Å². The molecular formula is C17H18BrF2N5O. The predicted octanol–water partition coefficient (Wildman–Crippen LogP) is 3.86. The van der Waals surface area contributed by atoms with Crippen LogP contribution >= 0.6 is 15.9 Å². The molecule has 1 aliphatic heterocycles. The van der Waals surface area contributed by atoms with E-state index < -0.39 is 6.61 Å². The van der Waals surface area contributed by atoms with Crippen LogP contribution in [0.2, 0.25) is 0 Å². The number of alkyl halides is 2. The summed E-state index contributed by atoms with van der Waals surface area (Å²) >= 11 is 3.17. The zero-order valence-corrected chi connectivity index (χ0v) is 15.9. The molecule has 1 unspecified atom stereocenters. The quantitative estimate of drug-likeness (QED) is 0.752. The monoisotopic (exact) mass is 425 g/mol. The van der Waals surface area contributed by atoms with Crippen molar-refractivity contribution in [3.8, 4) is 5.75 Å². The molecule has 3 heterocycles. The van der Waals surface area contributed by atoms with Gasteiger partial charge in [0.1, 0.15) is 22.6 Å². The van der Waals surface area contributed by atoms with Gasteiger partial charge in [0.2, 0.25) is 0 Å². The first kappa shape index (κ1) is 18.5. The maximum Gasteiger partial charge on any atom is 0.387 e. The summed E-state index contributed by atoms with van der Waals surface area (Å²) in [4.78, 5) is 8.61. The van der Waals surface area contributed by atoms with E-state index >= 15 is 0 Å². The standard InChI is InChI=1S/C17H18BrF2N5O/c1-9-3-4-10(2)16-22-8-23-25(16)15(21)12(9)7-11-5-6-13(14(18)24-11)26-17(19)20/h3,5-6,8,10,17H,4,7,21H2,1-2H3/b9-3+,15-12-. The minimum atomic E-state index is -2.90. The Balaban J connectivity index is 1.97. The number of allylic oxidation sites excluding steroid dienone is 3. The molecule has 0 saturated carbocycles. The summed E-state index contributed by atoms with van der Waals surface area (Å²) in [6.07, 6.45) is 4.85. The smallest absolute Gasteiger partial charge is 0.387 e. The number of hydrogen-bond donors (Lipinski definition) is 1. The summed E-state index contributed by atoms with van der Waals surface area (Å²) in [6, 6.07) is 3.10. The van der Waals surface area contributed by atoms with Gasteiger partial charge in [0.25, 0.3) is 0 Å². The number of nitrogens with zero attached hydrogens (tertiary/aromatic N) is 4. The Labute approximate surface area is 157 Å². The summed E-state index contributed by atoms with van der Waals surface area (Å²) in [5, 5.41) is 4.24. The van der Waals surface area contributed by atoms with Crippen LogP contribution in [0.5, 0.6) is 5.75 Å². The molecule has 1 atom stereocenters. The lowest BCUT2D eigenvalue weighted by atomic mass is 9.96. The number of nitrogens with two attached hydrogens (primary N) is 1. The van der Waals surface area contributed by atoms with Crippen molar-refractivity contribution < 1.29 is 13.5 Å². The van der Waals surface area contributed by atoms with E-state index in [0.717, 1.165) is 23.4 Å². The molecule has 3 rings (SSSR count). The van der Waals surface area contributed by atoms with Crippen molar-refractivity contribution in [1.82, 2.24) is 19.7 Å². The van der Waals surface area contributed by atoms with E-state index in [2.05, 4.69) is 48.7 Å². The van der Waals surface area contributed by atoms with Gasteiger partial charge in [-0.15, -0.1) is 0 Å². The van der Waals surface area contributed by atoms with Gasteiger partial charge in [0.05, 0.1) is 0 Å². The molecule has 0 bridgehead atoms. The molecule has 0 saturated heterocycles. The van der Waals surface area contributed by atoms with E-state index in [1.54, 1.807) is 10.7 Å². The summed E-state index contributed by atoms with van der Waals surface area (Å²) in [5.41, 5.74) is 8.94. The molecule has 26 heavy (non-hydrogen) atoms. The largest absolute Gasteiger partial charge is 0.432 e. The lowest BCUT2D eigenvalue weighted by Crippen LogP contribution is -2.19. The number of ether oxygens (including phenoxy) is 1. The molecule has 0 amide bonds. The Hall–Kier alpha value is -2.29. The van der Waals surface area contributed by atoms with Gasteiger partial charge < -0.3 is 10.5 Å². The molecule has 0 spiro atoms. The van der Waals surface area contributed by atoms with Gasteiger partial charge in [-0.25, -0.2) is 14.6 Å². The average molecular weight is 426 g/mol. The van der Waals surface area contributed by atoms with Crippen LogP contribution in [0.4, 0.5) is 8.78 Å². The summed E-state index contributed by atoms with van der Waals surface area (Å²) in [5.74, 6) is 1.48. The van der Waals surface area contributed by atoms with Gasteiger partial charge in [0, 0.05) is 23.6 Å². The van der Waals surface area contributed by atoms with Crippen LogP contribution in [-0.2, 0) is 6.42 Å². The number of hydrogen-bond acceptors (Lipinski definition) is 5. The van der Waals surface area contributed by atoms with Gasteiger partial charge in [-0.1, -0.05) is 13.0 Å². The molecule has 2 N–H and O–H groups in total. The highest BCUT2D eigenvalue weighted by Gasteiger charge is 2.21. The molecule has 6 nitrogen and oxygen atoms in total. The summed E-state index contributed by atoms with van der Waals surface area (Å²) in [7, 11) is 0. The van der Waals surface area contributed by atoms with Gasteiger partial charge in [-0.05, 0) is 47.0 Å². The average Bonchev–Trinajstić information content (AvgIpc) is 3.07. The van der Waals surface area contributed by atoms with Crippen molar-refractivity contribution in [3.63, 3.8) is 0 Å². The van der Waals surface area contributed by atoms with Crippen molar-refractivity contribution in [2.75, 3.05) is 0 Å². The Kier molecular flexibility index (Phi) is 5.36. The molecule has 0 fully saturated rings. The maximum absolute atomic E-state index is 12.4. The first-order valence-electron chi connectivity index (χ1n) is 8.03. The molecule has 1 aliphatic rings. The third kappa shape index (κ3) is 3.77. The normalized spacial score (nSPS) is 22.4. The van der Waals surface area contributed by atoms with Crippen LogP contribution < -0.4 is 10.5 Å². The highest BCUT2D eigenvalue weighted by Crippen LogP contribution is 2.30. The molecule has 2 aromatic rings. The second-order valence-corrected chi connectivity index (χ2v) is 6.82. The minimum Gasteiger partial charge on any atom is -0.432 e. The highest BCUT2D eigenvalue weighted by atomic mass is 79.9. The zero-order valence-electron chi connectivity index (χ0n) is 14.3. The van der Waals surface area contributed by atoms with E-state index in [4.69, 9.17) is 5.73 Å². The highest BCUT2D eigenvalue weighted by molar-refractivity contribution is 9.10. The molecule has 9 heteroatoms. The number of rotatable bonds is 4. The van der Waals surface area contributed by atoms with Gasteiger partial charge >= 0.3 is 6.61 Å². The third-order valence-electron chi connectivity index (χ3n) is 4.25. The van der Waals surface area contributed by atoms with Gasteiger partial charge in [-0.2, -0.15) is 13.9 Å². The molecule has 0 radical (unpaired) electrons. The van der Waals surface area contributed by atoms with Crippen LogP contribution in [0.25, 0.3) is 5.82 Å². The van der Waals surface area contributed by atoms with Crippen LogP contribution in [0.3, 0.4) is 0 Å². The molecule has 138 valence electrons. The molecule has 0 aliphatic carbocycles. The fourth-order valence-corrected chi connectivity index (χ4v) is 3.29. The first-order chi connectivity index (χ1) is 12.4. The Morgan fingerprint density at radius 2 is 2.19 bits per heavy atom. The summed E-state index contributed by atoms with van der Waals surface area (Å²) < 4.78 is 31.0. The SMILES string of the molecule is CC1=C\CC(C)c2ncnn2/C(N)=C\1Cc1ccc(OC(F)F)c(Br)n1. The Bertz CT molecular complexity index is 878. The fourth-order valence-electron chi connectivity index (χ4n) is 2.84. The van der Waals surface area contributed by atoms with Crippen molar-refractivity contribution in [1.29, 1.82) is 0 Å². The second kappa shape index (κ2) is 7.53. The van der Waals surface area contributed by atoms with Crippen molar-refractivity contribution in [2.45, 2.75) is 39.2 Å². The van der Waals surface area contributed by atoms with E-state index in [1.807, 2.05) is 6.92 Å². The minimum absolute atomic E-state index is 0.0111. The predicted molar refractivity (Wildman–Crippen MR) is 96.5 cm³/mol. The number of aromatic nitrogens is 4. The summed E-state index contributed by atoms with van der Waals surface area (Å²) in [6.45, 7) is 1.16. The van der Waals surface area contributed by atoms with Crippen LogP contribution in [0.15, 0.2) is 40.3 Å². The number of halogens is 3. The van der Waals surface area contributed by atoms with E-state index in [-0.39, 0.29) is 16.3 Å². The maximum atomic E-state index is 12.4. The zero-order chi connectivity index (χ0) is 18.8. The molecule has 2 aromatic heterocycles. The van der Waals surface area contributed by atoms with Crippen LogP contribution in [0, 0.1) is 0 Å². The fraction of sp³-hybridized carbons (Fsp3) is 0.353. The van der Waals surface area contributed by atoms with Crippen LogP contribution in [-0.4, -0.2) is 26.4 Å². The first-order valence-corrected chi connectivity index (χ1v) is 8.82. The third-order valence-corrected chi connectivity index (χ3v) is 4.82. The second-order valence-electron chi connectivity index (χ2n) is 6.06. The Morgan fingerprint density at radius 3 is 2.88 bits per heavy atom. The Morgan fingerprint density at radius 1 is 1.42 bits per heavy atom. The van der Waals surface area contributed by atoms with E-state index in [9.17, 15) is 8.78 Å². The lowest BCUT2D eigenvalue weighted by molar-refractivity contribution is -0.0506. The number of fused-ring (bicyclic) bond motifs is 1. The van der Waals surface area contributed by atoms with Crippen LogP contribution in [0.1, 0.15) is 37.7 Å². The van der Waals surface area contributed by atoms with Crippen molar-refractivity contribution in [3.05, 3.63) is 51.8 Å². The van der Waals surface area contributed by atoms with Gasteiger partial charge in [0.15, 0.2) is 5.75 Å². The van der Waals surface area contributed by atoms with Crippen molar-refractivity contribution >= 4 is 21.8 Å². The van der Waals surface area contributed by atoms with E-state index in [0.29, 0.717) is 17.9 Å². The topological polar surface area (TPSA) is 78.9 Å². The molecular weight excluding hydrogens is 408 g/mol.